The van der Waals surface area contributed by atoms with Crippen molar-refractivity contribution in [1.29, 1.82) is 0 Å². The molecule has 2 atom stereocenters. The van der Waals surface area contributed by atoms with E-state index in [4.69, 9.17) is 5.73 Å². The quantitative estimate of drug-likeness (QED) is 0.774. The fraction of sp³-hybridized carbons (Fsp3) is 0.700. The van der Waals surface area contributed by atoms with E-state index in [2.05, 4.69) is 15.4 Å². The first-order valence-corrected chi connectivity index (χ1v) is 5.92. The molecule has 0 spiro atoms. The minimum atomic E-state index is -4.61. The number of carbonyl (C=O) groups is 1. The van der Waals surface area contributed by atoms with E-state index in [0.29, 0.717) is 12.8 Å². The number of rotatable bonds is 2. The van der Waals surface area contributed by atoms with Crippen molar-refractivity contribution < 1.29 is 18.0 Å². The Balaban J connectivity index is 0.00000200. The Hall–Kier alpha value is -1.35. The van der Waals surface area contributed by atoms with Crippen LogP contribution in [0.4, 0.5) is 19.1 Å². The maximum absolute atomic E-state index is 12.3. The zero-order valence-electron chi connectivity index (χ0n) is 10.4. The molecule has 20 heavy (non-hydrogen) atoms. The van der Waals surface area contributed by atoms with Gasteiger partial charge in [-0.15, -0.1) is 17.5 Å². The van der Waals surface area contributed by atoms with E-state index in [1.165, 1.54) is 0 Å². The van der Waals surface area contributed by atoms with Crippen LogP contribution in [-0.4, -0.2) is 27.1 Å². The lowest BCUT2D eigenvalue weighted by Crippen LogP contribution is -2.34. The van der Waals surface area contributed by atoms with Gasteiger partial charge in [0.25, 0.3) is 0 Å². The number of anilines is 1. The van der Waals surface area contributed by atoms with E-state index in [-0.39, 0.29) is 36.2 Å². The van der Waals surface area contributed by atoms with E-state index < -0.39 is 12.0 Å². The van der Waals surface area contributed by atoms with Gasteiger partial charge in [-0.1, -0.05) is 6.42 Å². The number of aromatic nitrogens is 3. The molecule has 1 fully saturated rings. The highest BCUT2D eigenvalue weighted by molar-refractivity contribution is 5.90. The number of hydrogen-bond acceptors (Lipinski definition) is 4. The van der Waals surface area contributed by atoms with Crippen LogP contribution < -0.4 is 11.1 Å². The average Bonchev–Trinajstić information content (AvgIpc) is 2.77. The number of nitrogens with two attached hydrogens (primary N) is 1. The molecule has 0 aromatic carbocycles. The Bertz CT molecular complexity index is 464. The molecule has 1 aliphatic rings. The Morgan fingerprint density at radius 2 is 2.10 bits per heavy atom. The van der Waals surface area contributed by atoms with Crippen molar-refractivity contribution in [2.45, 2.75) is 37.9 Å². The zero-order valence-corrected chi connectivity index (χ0v) is 11.2. The van der Waals surface area contributed by atoms with Gasteiger partial charge in [0.1, 0.15) is 0 Å². The number of amides is 1. The van der Waals surface area contributed by atoms with Gasteiger partial charge in [0, 0.05) is 12.0 Å². The van der Waals surface area contributed by atoms with Crippen LogP contribution in [0.3, 0.4) is 0 Å². The number of hydrogen-bond donors (Lipinski definition) is 3. The van der Waals surface area contributed by atoms with Crippen molar-refractivity contribution in [3.8, 4) is 0 Å². The summed E-state index contributed by atoms with van der Waals surface area (Å²) < 4.78 is 36.8. The molecule has 10 heteroatoms. The third-order valence-electron chi connectivity index (χ3n) is 3.07. The van der Waals surface area contributed by atoms with Gasteiger partial charge < -0.3 is 5.73 Å². The minimum absolute atomic E-state index is 0. The molecule has 2 rings (SSSR count). The molecule has 0 aliphatic heterocycles. The molecule has 0 radical (unpaired) electrons. The smallest absolute Gasteiger partial charge is 0.328 e. The summed E-state index contributed by atoms with van der Waals surface area (Å²) in [6, 6.07) is -0.0395. The normalized spacial score (nSPS) is 23.0. The van der Waals surface area contributed by atoms with Crippen LogP contribution in [0.2, 0.25) is 0 Å². The second-order valence-corrected chi connectivity index (χ2v) is 4.62. The van der Waals surface area contributed by atoms with Crippen LogP contribution in [-0.2, 0) is 11.0 Å². The summed E-state index contributed by atoms with van der Waals surface area (Å²) in [7, 11) is 0. The number of nitrogens with zero attached hydrogens (tertiary/aromatic N) is 2. The van der Waals surface area contributed by atoms with Crippen molar-refractivity contribution in [1.82, 2.24) is 15.2 Å². The third kappa shape index (κ3) is 4.07. The fourth-order valence-electron chi connectivity index (χ4n) is 2.12. The van der Waals surface area contributed by atoms with E-state index in [1.54, 1.807) is 5.10 Å². The van der Waals surface area contributed by atoms with Gasteiger partial charge in [0.15, 0.2) is 0 Å². The van der Waals surface area contributed by atoms with Crippen molar-refractivity contribution in [3.05, 3.63) is 5.82 Å². The number of nitrogens with one attached hydrogen (secondary N) is 2. The molecular weight excluding hydrogens is 299 g/mol. The lowest BCUT2D eigenvalue weighted by atomic mass is 9.85. The molecule has 6 nitrogen and oxygen atoms in total. The van der Waals surface area contributed by atoms with Gasteiger partial charge in [0.05, 0.1) is 0 Å². The molecule has 4 N–H and O–H groups in total. The van der Waals surface area contributed by atoms with Gasteiger partial charge >= 0.3 is 6.18 Å². The average molecular weight is 314 g/mol. The Morgan fingerprint density at radius 3 is 2.65 bits per heavy atom. The lowest BCUT2D eigenvalue weighted by molar-refractivity contribution is -0.144. The number of aromatic amines is 1. The van der Waals surface area contributed by atoms with Crippen molar-refractivity contribution >= 4 is 24.3 Å². The van der Waals surface area contributed by atoms with E-state index in [9.17, 15) is 18.0 Å². The summed E-state index contributed by atoms with van der Waals surface area (Å²) in [4.78, 5) is 15.0. The number of carbonyl (C=O) groups excluding carboxylic acids is 1. The summed E-state index contributed by atoms with van der Waals surface area (Å²) in [5, 5.41) is 7.33. The highest BCUT2D eigenvalue weighted by Gasteiger charge is 2.35. The number of H-pyrrole nitrogens is 1. The standard InChI is InChI=1S/C10H14F3N5O.ClH/c11-10(12,13)8-16-9(18-17-8)15-7(19)5-2-1-3-6(14)4-5;/h5-6H,1-4,14H2,(H2,15,16,17,18,19);1H. The van der Waals surface area contributed by atoms with Crippen LogP contribution in [0.5, 0.6) is 0 Å². The summed E-state index contributed by atoms with van der Waals surface area (Å²) in [5.41, 5.74) is 5.75. The van der Waals surface area contributed by atoms with Gasteiger partial charge in [-0.05, 0) is 19.3 Å². The molecule has 1 aromatic heterocycles. The lowest BCUT2D eigenvalue weighted by Gasteiger charge is -2.25. The number of alkyl halides is 3. The largest absolute Gasteiger partial charge is 0.451 e. The van der Waals surface area contributed by atoms with Crippen molar-refractivity contribution in [2.24, 2.45) is 11.7 Å². The van der Waals surface area contributed by atoms with Crippen LogP contribution in [0.1, 0.15) is 31.5 Å². The molecule has 0 bridgehead atoms. The van der Waals surface area contributed by atoms with Gasteiger partial charge in [-0.3, -0.25) is 15.2 Å². The Morgan fingerprint density at radius 1 is 1.40 bits per heavy atom. The van der Waals surface area contributed by atoms with E-state index >= 15 is 0 Å². The van der Waals surface area contributed by atoms with Crippen LogP contribution >= 0.6 is 12.4 Å². The number of halogens is 4. The van der Waals surface area contributed by atoms with Crippen molar-refractivity contribution in [2.75, 3.05) is 5.32 Å². The summed E-state index contributed by atoms with van der Waals surface area (Å²) in [5.74, 6) is -2.28. The highest BCUT2D eigenvalue weighted by atomic mass is 35.5. The molecule has 2 unspecified atom stereocenters. The maximum atomic E-state index is 12.3. The predicted molar refractivity (Wildman–Crippen MR) is 67.2 cm³/mol. The highest BCUT2D eigenvalue weighted by Crippen LogP contribution is 2.27. The maximum Gasteiger partial charge on any atom is 0.451 e. The fourth-order valence-corrected chi connectivity index (χ4v) is 2.12. The molecule has 114 valence electrons. The molecule has 1 heterocycles. The third-order valence-corrected chi connectivity index (χ3v) is 3.07. The first-order chi connectivity index (χ1) is 8.86. The first kappa shape index (κ1) is 16.7. The zero-order chi connectivity index (χ0) is 14.0. The Labute approximate surface area is 119 Å². The molecular formula is C10H15ClF3N5O. The molecule has 1 saturated carbocycles. The SMILES string of the molecule is Cl.NC1CCCC(C(=O)Nc2n[nH]c(C(F)(F)F)n2)C1. The van der Waals surface area contributed by atoms with Crippen LogP contribution in [0, 0.1) is 5.92 Å². The topological polar surface area (TPSA) is 96.7 Å². The van der Waals surface area contributed by atoms with Gasteiger partial charge in [0.2, 0.25) is 17.7 Å². The summed E-state index contributed by atoms with van der Waals surface area (Å²) in [6.45, 7) is 0. The first-order valence-electron chi connectivity index (χ1n) is 5.92. The van der Waals surface area contributed by atoms with Crippen LogP contribution in [0.15, 0.2) is 0 Å². The molecule has 1 aromatic rings. The summed E-state index contributed by atoms with van der Waals surface area (Å²) >= 11 is 0. The monoisotopic (exact) mass is 313 g/mol. The molecule has 0 saturated heterocycles. The second-order valence-electron chi connectivity index (χ2n) is 4.62. The van der Waals surface area contributed by atoms with Gasteiger partial charge in [-0.25, -0.2) is 0 Å². The van der Waals surface area contributed by atoms with Gasteiger partial charge in [-0.2, -0.15) is 18.2 Å². The second kappa shape index (κ2) is 6.40. The minimum Gasteiger partial charge on any atom is -0.328 e. The summed E-state index contributed by atoms with van der Waals surface area (Å²) in [6.07, 6.45) is -1.70. The molecule has 1 aliphatic carbocycles. The predicted octanol–water partition coefficient (Wildman–Crippen LogP) is 1.70. The van der Waals surface area contributed by atoms with E-state index in [1.807, 2.05) is 0 Å². The van der Waals surface area contributed by atoms with Crippen LogP contribution in [0.25, 0.3) is 0 Å². The van der Waals surface area contributed by atoms with E-state index in [0.717, 1.165) is 12.8 Å². The van der Waals surface area contributed by atoms with Crippen molar-refractivity contribution in [3.63, 3.8) is 0 Å². The molecule has 1 amide bonds. The Kier molecular flexibility index (Phi) is 5.35.